The van der Waals surface area contributed by atoms with Gasteiger partial charge in [0.05, 0.1) is 10.6 Å². The van der Waals surface area contributed by atoms with Crippen molar-refractivity contribution in [3.8, 4) is 10.6 Å². The number of nitrogens with one attached hydrogen (secondary N) is 1. The van der Waals surface area contributed by atoms with Crippen molar-refractivity contribution in [3.05, 3.63) is 54.2 Å². The highest BCUT2D eigenvalue weighted by Crippen LogP contribution is 2.32. The van der Waals surface area contributed by atoms with Gasteiger partial charge in [-0.1, -0.05) is 18.6 Å². The van der Waals surface area contributed by atoms with Crippen LogP contribution in [0.3, 0.4) is 0 Å². The zero-order valence-electron chi connectivity index (χ0n) is 15.6. The van der Waals surface area contributed by atoms with Crippen LogP contribution in [0, 0.1) is 6.92 Å². The normalized spacial score (nSPS) is 15.5. The standard InChI is InChI=1S/C20H22N4O2S2/c1-15-6-5-7-16(14-15)22-20-21-11-10-17(23-20)18-8-9-19(27-18)28(25,26)24-12-3-2-4-13-24/h5-11,14H,2-4,12-13H2,1H3,(H,21,22,23). The molecule has 0 spiro atoms. The van der Waals surface area contributed by atoms with Crippen LogP contribution in [0.5, 0.6) is 0 Å². The monoisotopic (exact) mass is 414 g/mol. The Kier molecular flexibility index (Phi) is 5.43. The van der Waals surface area contributed by atoms with Gasteiger partial charge in [0, 0.05) is 25.0 Å². The first-order valence-corrected chi connectivity index (χ1v) is 11.6. The number of hydrogen-bond acceptors (Lipinski definition) is 6. The second-order valence-corrected chi connectivity index (χ2v) is 10.1. The van der Waals surface area contributed by atoms with E-state index in [9.17, 15) is 8.42 Å². The molecule has 1 saturated heterocycles. The fourth-order valence-corrected chi connectivity index (χ4v) is 6.18. The van der Waals surface area contributed by atoms with Gasteiger partial charge in [0.25, 0.3) is 10.0 Å². The van der Waals surface area contributed by atoms with Crippen LogP contribution in [0.15, 0.2) is 52.9 Å². The molecular formula is C20H22N4O2S2. The second-order valence-electron chi connectivity index (χ2n) is 6.84. The maximum Gasteiger partial charge on any atom is 0.252 e. The predicted octanol–water partition coefficient (Wildman–Crippen LogP) is 4.43. The summed E-state index contributed by atoms with van der Waals surface area (Å²) in [5.74, 6) is 0.483. The molecule has 0 atom stereocenters. The van der Waals surface area contributed by atoms with Gasteiger partial charge in [0.1, 0.15) is 4.21 Å². The van der Waals surface area contributed by atoms with Crippen molar-refractivity contribution in [1.82, 2.24) is 14.3 Å². The summed E-state index contributed by atoms with van der Waals surface area (Å²) in [7, 11) is -3.42. The van der Waals surface area contributed by atoms with Gasteiger partial charge in [0.2, 0.25) is 5.95 Å². The van der Waals surface area contributed by atoms with Gasteiger partial charge >= 0.3 is 0 Å². The molecule has 4 rings (SSSR count). The quantitative estimate of drug-likeness (QED) is 0.668. The molecule has 1 N–H and O–H groups in total. The van der Waals surface area contributed by atoms with Crippen LogP contribution in [0.1, 0.15) is 24.8 Å². The number of sulfonamides is 1. The number of thiophene rings is 1. The van der Waals surface area contributed by atoms with Gasteiger partial charge in [-0.15, -0.1) is 11.3 Å². The van der Waals surface area contributed by atoms with Gasteiger partial charge in [-0.25, -0.2) is 18.4 Å². The summed E-state index contributed by atoms with van der Waals surface area (Å²) in [5, 5.41) is 3.20. The molecule has 1 aliphatic heterocycles. The number of aromatic nitrogens is 2. The largest absolute Gasteiger partial charge is 0.324 e. The lowest BCUT2D eigenvalue weighted by atomic mass is 10.2. The third kappa shape index (κ3) is 4.09. The van der Waals surface area contributed by atoms with Crippen LogP contribution in [0.25, 0.3) is 10.6 Å². The van der Waals surface area contributed by atoms with Crippen LogP contribution in [-0.2, 0) is 10.0 Å². The topological polar surface area (TPSA) is 75.2 Å². The van der Waals surface area contributed by atoms with E-state index in [-0.39, 0.29) is 0 Å². The van der Waals surface area contributed by atoms with Crippen LogP contribution in [0.2, 0.25) is 0 Å². The van der Waals surface area contributed by atoms with Gasteiger partial charge in [-0.05, 0) is 55.7 Å². The van der Waals surface area contributed by atoms with E-state index < -0.39 is 10.0 Å². The summed E-state index contributed by atoms with van der Waals surface area (Å²) in [4.78, 5) is 9.64. The fraction of sp³-hybridized carbons (Fsp3) is 0.300. The second kappa shape index (κ2) is 7.98. The third-order valence-corrected chi connectivity index (χ3v) is 8.15. The molecule has 0 amide bonds. The molecule has 0 unspecified atom stereocenters. The molecule has 3 heterocycles. The first-order valence-electron chi connectivity index (χ1n) is 9.29. The Morgan fingerprint density at radius 1 is 1.07 bits per heavy atom. The Morgan fingerprint density at radius 3 is 2.68 bits per heavy atom. The Hall–Kier alpha value is -2.29. The van der Waals surface area contributed by atoms with Gasteiger partial charge in [-0.2, -0.15) is 4.31 Å². The van der Waals surface area contributed by atoms with Crippen LogP contribution in [-0.4, -0.2) is 35.8 Å². The summed E-state index contributed by atoms with van der Waals surface area (Å²) < 4.78 is 27.7. The molecule has 2 aromatic heterocycles. The molecule has 0 bridgehead atoms. The lowest BCUT2D eigenvalue weighted by molar-refractivity contribution is 0.347. The number of rotatable bonds is 5. The molecule has 8 heteroatoms. The lowest BCUT2D eigenvalue weighted by Gasteiger charge is -2.25. The van der Waals surface area contributed by atoms with Gasteiger partial charge < -0.3 is 5.32 Å². The zero-order chi connectivity index (χ0) is 19.6. The minimum absolute atomic E-state index is 0.371. The van der Waals surface area contributed by atoms with E-state index in [0.717, 1.165) is 35.4 Å². The van der Waals surface area contributed by atoms with Crippen molar-refractivity contribution in [2.45, 2.75) is 30.4 Å². The van der Waals surface area contributed by atoms with E-state index >= 15 is 0 Å². The molecule has 3 aromatic rings. The predicted molar refractivity (Wildman–Crippen MR) is 112 cm³/mol. The molecular weight excluding hydrogens is 392 g/mol. The Bertz CT molecular complexity index is 1070. The summed E-state index contributed by atoms with van der Waals surface area (Å²) in [6.07, 6.45) is 4.63. The minimum atomic E-state index is -3.42. The van der Waals surface area contributed by atoms with E-state index in [4.69, 9.17) is 0 Å². The molecule has 1 aliphatic rings. The Labute approximate surface area is 169 Å². The molecule has 0 radical (unpaired) electrons. The van der Waals surface area contributed by atoms with Crippen molar-refractivity contribution < 1.29 is 8.42 Å². The molecule has 146 valence electrons. The number of benzene rings is 1. The van der Waals surface area contributed by atoms with Crippen molar-refractivity contribution >= 4 is 33.0 Å². The van der Waals surface area contributed by atoms with Crippen molar-refractivity contribution in [2.24, 2.45) is 0 Å². The molecule has 28 heavy (non-hydrogen) atoms. The highest BCUT2D eigenvalue weighted by molar-refractivity contribution is 7.91. The Morgan fingerprint density at radius 2 is 1.89 bits per heavy atom. The molecule has 0 saturated carbocycles. The average molecular weight is 415 g/mol. The van der Waals surface area contributed by atoms with Crippen LogP contribution >= 0.6 is 11.3 Å². The molecule has 0 aliphatic carbocycles. The highest BCUT2D eigenvalue weighted by Gasteiger charge is 2.27. The number of nitrogens with zero attached hydrogens (tertiary/aromatic N) is 3. The number of hydrogen-bond donors (Lipinski definition) is 1. The maximum atomic E-state index is 12.9. The fourth-order valence-electron chi connectivity index (χ4n) is 3.24. The highest BCUT2D eigenvalue weighted by atomic mass is 32.2. The van der Waals surface area contributed by atoms with E-state index in [1.807, 2.05) is 37.3 Å². The number of piperidine rings is 1. The minimum Gasteiger partial charge on any atom is -0.324 e. The van der Waals surface area contributed by atoms with Gasteiger partial charge in [-0.3, -0.25) is 0 Å². The van der Waals surface area contributed by atoms with E-state index in [1.165, 1.54) is 11.3 Å². The average Bonchev–Trinajstić information content (AvgIpc) is 3.20. The van der Waals surface area contributed by atoms with Crippen LogP contribution < -0.4 is 5.32 Å². The maximum absolute atomic E-state index is 12.9. The lowest BCUT2D eigenvalue weighted by Crippen LogP contribution is -2.35. The number of anilines is 2. The Balaban J connectivity index is 1.57. The summed E-state index contributed by atoms with van der Waals surface area (Å²) in [6.45, 7) is 3.24. The van der Waals surface area contributed by atoms with Crippen LogP contribution in [0.4, 0.5) is 11.6 Å². The smallest absolute Gasteiger partial charge is 0.252 e. The summed E-state index contributed by atoms with van der Waals surface area (Å²) in [5.41, 5.74) is 2.76. The third-order valence-electron chi connectivity index (χ3n) is 4.67. The SMILES string of the molecule is Cc1cccc(Nc2nccc(-c3ccc(S(=O)(=O)N4CCCCC4)s3)n2)c1. The first-order chi connectivity index (χ1) is 13.5. The molecule has 1 aromatic carbocycles. The van der Waals surface area contributed by atoms with Crippen molar-refractivity contribution in [1.29, 1.82) is 0 Å². The summed E-state index contributed by atoms with van der Waals surface area (Å²) >= 11 is 1.26. The van der Waals surface area contributed by atoms with E-state index in [0.29, 0.717) is 28.9 Å². The van der Waals surface area contributed by atoms with E-state index in [1.54, 1.807) is 22.6 Å². The zero-order valence-corrected chi connectivity index (χ0v) is 17.3. The van der Waals surface area contributed by atoms with Crippen molar-refractivity contribution in [3.63, 3.8) is 0 Å². The molecule has 6 nitrogen and oxygen atoms in total. The van der Waals surface area contributed by atoms with E-state index in [2.05, 4.69) is 15.3 Å². The molecule has 1 fully saturated rings. The first kappa shape index (κ1) is 19.0. The summed E-state index contributed by atoms with van der Waals surface area (Å²) in [6, 6.07) is 13.3. The van der Waals surface area contributed by atoms with Crippen molar-refractivity contribution in [2.75, 3.05) is 18.4 Å². The van der Waals surface area contributed by atoms with Gasteiger partial charge in [0.15, 0.2) is 0 Å². The number of aryl methyl sites for hydroxylation is 1.